The fraction of sp³-hybridized carbons (Fsp3) is 0.714. The Labute approximate surface area is 59.4 Å². The van der Waals surface area contributed by atoms with E-state index in [0.717, 1.165) is 6.42 Å². The second-order valence-corrected chi connectivity index (χ2v) is 2.14. The number of alkyl halides is 1. The van der Waals surface area contributed by atoms with Crippen molar-refractivity contribution in [2.45, 2.75) is 26.2 Å². The van der Waals surface area contributed by atoms with Gasteiger partial charge in [0.15, 0.2) is 5.78 Å². The van der Waals surface area contributed by atoms with E-state index < -0.39 is 12.5 Å². The molecule has 0 amide bonds. The predicted octanol–water partition coefficient (Wildman–Crippen LogP) is 1.28. The molecule has 0 unspecified atom stereocenters. The summed E-state index contributed by atoms with van der Waals surface area (Å²) in [6, 6.07) is 0. The zero-order valence-corrected chi connectivity index (χ0v) is 6.02. The molecule has 0 bridgehead atoms. The Kier molecular flexibility index (Phi) is 4.72. The van der Waals surface area contributed by atoms with Gasteiger partial charge in [-0.25, -0.2) is 4.39 Å². The zero-order valence-electron chi connectivity index (χ0n) is 6.02. The van der Waals surface area contributed by atoms with E-state index in [4.69, 9.17) is 0 Å². The van der Waals surface area contributed by atoms with Crippen molar-refractivity contribution in [1.82, 2.24) is 0 Å². The van der Waals surface area contributed by atoms with Crippen LogP contribution in [-0.4, -0.2) is 18.2 Å². The SMILES string of the molecule is CCCC(=O)CC(=O)CF. The highest BCUT2D eigenvalue weighted by atomic mass is 19.1. The van der Waals surface area contributed by atoms with E-state index in [1.165, 1.54) is 0 Å². The van der Waals surface area contributed by atoms with Crippen LogP contribution < -0.4 is 0 Å². The van der Waals surface area contributed by atoms with Crippen molar-refractivity contribution < 1.29 is 14.0 Å². The number of hydrogen-bond donors (Lipinski definition) is 0. The second-order valence-electron chi connectivity index (χ2n) is 2.14. The Bertz CT molecular complexity index is 132. The topological polar surface area (TPSA) is 34.1 Å². The molecule has 0 heterocycles. The van der Waals surface area contributed by atoms with Crippen molar-refractivity contribution in [3.63, 3.8) is 0 Å². The molecule has 0 aromatic heterocycles. The molecule has 0 saturated heterocycles. The fourth-order valence-electron chi connectivity index (χ4n) is 0.634. The average Bonchev–Trinajstić information content (AvgIpc) is 1.88. The Morgan fingerprint density at radius 1 is 1.30 bits per heavy atom. The van der Waals surface area contributed by atoms with E-state index in [-0.39, 0.29) is 12.2 Å². The molecule has 0 rings (SSSR count). The lowest BCUT2D eigenvalue weighted by Gasteiger charge is -1.92. The van der Waals surface area contributed by atoms with Crippen LogP contribution in [0.25, 0.3) is 0 Å². The van der Waals surface area contributed by atoms with E-state index >= 15 is 0 Å². The first-order chi connectivity index (χ1) is 4.70. The van der Waals surface area contributed by atoms with Crippen LogP contribution in [0.1, 0.15) is 26.2 Å². The van der Waals surface area contributed by atoms with E-state index in [1.807, 2.05) is 6.92 Å². The predicted molar refractivity (Wildman–Crippen MR) is 35.5 cm³/mol. The molecule has 0 aliphatic heterocycles. The van der Waals surface area contributed by atoms with Crippen molar-refractivity contribution in [2.75, 3.05) is 6.67 Å². The number of ketones is 2. The molecule has 3 heteroatoms. The molecule has 0 spiro atoms. The molecular weight excluding hydrogens is 135 g/mol. The summed E-state index contributed by atoms with van der Waals surface area (Å²) in [6.07, 6.45) is 0.870. The largest absolute Gasteiger partial charge is 0.299 e. The first-order valence-electron chi connectivity index (χ1n) is 3.30. The van der Waals surface area contributed by atoms with Gasteiger partial charge < -0.3 is 0 Å². The van der Waals surface area contributed by atoms with Gasteiger partial charge in [-0.1, -0.05) is 6.92 Å². The Balaban J connectivity index is 3.47. The molecule has 0 fully saturated rings. The van der Waals surface area contributed by atoms with Crippen molar-refractivity contribution in [2.24, 2.45) is 0 Å². The summed E-state index contributed by atoms with van der Waals surface area (Å²) < 4.78 is 11.5. The third kappa shape index (κ3) is 4.18. The summed E-state index contributed by atoms with van der Waals surface area (Å²) in [6.45, 7) is 0.827. The summed E-state index contributed by atoms with van der Waals surface area (Å²) in [7, 11) is 0. The van der Waals surface area contributed by atoms with Gasteiger partial charge in [-0.05, 0) is 6.42 Å². The van der Waals surface area contributed by atoms with E-state index in [0.29, 0.717) is 6.42 Å². The van der Waals surface area contributed by atoms with Crippen LogP contribution >= 0.6 is 0 Å². The first-order valence-corrected chi connectivity index (χ1v) is 3.30. The quantitative estimate of drug-likeness (QED) is 0.547. The van der Waals surface area contributed by atoms with Crippen LogP contribution in [0.5, 0.6) is 0 Å². The van der Waals surface area contributed by atoms with Gasteiger partial charge in [0.1, 0.15) is 12.5 Å². The molecule has 0 aromatic rings. The van der Waals surface area contributed by atoms with Gasteiger partial charge in [0, 0.05) is 6.42 Å². The summed E-state index contributed by atoms with van der Waals surface area (Å²) >= 11 is 0. The van der Waals surface area contributed by atoms with Gasteiger partial charge in [0.2, 0.25) is 0 Å². The maximum atomic E-state index is 11.5. The maximum Gasteiger partial charge on any atom is 0.171 e. The summed E-state index contributed by atoms with van der Waals surface area (Å²) in [4.78, 5) is 20.9. The molecule has 0 aliphatic rings. The van der Waals surface area contributed by atoms with Crippen LogP contribution in [0.4, 0.5) is 4.39 Å². The number of hydrogen-bond acceptors (Lipinski definition) is 2. The van der Waals surface area contributed by atoms with Crippen LogP contribution in [0.3, 0.4) is 0 Å². The molecule has 0 radical (unpaired) electrons. The van der Waals surface area contributed by atoms with Crippen molar-refractivity contribution in [3.8, 4) is 0 Å². The zero-order chi connectivity index (χ0) is 7.98. The lowest BCUT2D eigenvalue weighted by Crippen LogP contribution is -2.08. The summed E-state index contributed by atoms with van der Waals surface area (Å²) in [5.74, 6) is -0.774. The van der Waals surface area contributed by atoms with Gasteiger partial charge in [-0.3, -0.25) is 9.59 Å². The highest BCUT2D eigenvalue weighted by molar-refractivity contribution is 5.99. The Morgan fingerprint density at radius 2 is 1.90 bits per heavy atom. The molecule has 58 valence electrons. The van der Waals surface area contributed by atoms with Crippen molar-refractivity contribution >= 4 is 11.6 Å². The van der Waals surface area contributed by atoms with E-state index in [2.05, 4.69) is 0 Å². The number of Topliss-reactive ketones (excluding diaryl/α,β-unsaturated/α-hetero) is 2. The van der Waals surface area contributed by atoms with Gasteiger partial charge in [0.25, 0.3) is 0 Å². The standard InChI is InChI=1S/C7H11FO2/c1-2-3-6(9)4-7(10)5-8/h2-5H2,1H3. The number of rotatable bonds is 5. The third-order valence-electron chi connectivity index (χ3n) is 1.07. The van der Waals surface area contributed by atoms with Gasteiger partial charge in [-0.15, -0.1) is 0 Å². The number of carbonyl (C=O) groups excluding carboxylic acids is 2. The Hall–Kier alpha value is -0.730. The molecule has 0 aromatic carbocycles. The average molecular weight is 146 g/mol. The molecule has 2 nitrogen and oxygen atoms in total. The number of carbonyl (C=O) groups is 2. The van der Waals surface area contributed by atoms with Crippen LogP contribution in [0, 0.1) is 0 Å². The van der Waals surface area contributed by atoms with Crippen molar-refractivity contribution in [1.29, 1.82) is 0 Å². The van der Waals surface area contributed by atoms with E-state index in [9.17, 15) is 14.0 Å². The minimum absolute atomic E-state index is 0.162. The van der Waals surface area contributed by atoms with Gasteiger partial charge in [0.05, 0.1) is 6.42 Å². The molecule has 0 aliphatic carbocycles. The maximum absolute atomic E-state index is 11.5. The van der Waals surface area contributed by atoms with Gasteiger partial charge in [-0.2, -0.15) is 0 Å². The minimum Gasteiger partial charge on any atom is -0.299 e. The molecule has 10 heavy (non-hydrogen) atoms. The number of halogens is 1. The van der Waals surface area contributed by atoms with Crippen LogP contribution in [0.15, 0.2) is 0 Å². The normalized spacial score (nSPS) is 9.40. The minimum atomic E-state index is -1.02. The van der Waals surface area contributed by atoms with Gasteiger partial charge >= 0.3 is 0 Å². The first kappa shape index (κ1) is 9.27. The van der Waals surface area contributed by atoms with Crippen LogP contribution in [0.2, 0.25) is 0 Å². The van der Waals surface area contributed by atoms with E-state index in [1.54, 1.807) is 0 Å². The lowest BCUT2D eigenvalue weighted by molar-refractivity contribution is -0.127. The fourth-order valence-corrected chi connectivity index (χ4v) is 0.634. The molecule has 0 saturated carbocycles. The molecule has 0 atom stereocenters. The second kappa shape index (κ2) is 5.09. The molecular formula is C7H11FO2. The van der Waals surface area contributed by atoms with Crippen molar-refractivity contribution in [3.05, 3.63) is 0 Å². The molecule has 0 N–H and O–H groups in total. The van der Waals surface area contributed by atoms with Crippen LogP contribution in [-0.2, 0) is 9.59 Å². The summed E-state index contributed by atoms with van der Waals surface area (Å²) in [5.41, 5.74) is 0. The summed E-state index contributed by atoms with van der Waals surface area (Å²) in [5, 5.41) is 0. The Morgan fingerprint density at radius 3 is 2.30 bits per heavy atom. The monoisotopic (exact) mass is 146 g/mol. The lowest BCUT2D eigenvalue weighted by atomic mass is 10.1. The third-order valence-corrected chi connectivity index (χ3v) is 1.07. The highest BCUT2D eigenvalue weighted by Crippen LogP contribution is 1.95. The smallest absolute Gasteiger partial charge is 0.171 e. The highest BCUT2D eigenvalue weighted by Gasteiger charge is 2.06.